The summed E-state index contributed by atoms with van der Waals surface area (Å²) in [6.07, 6.45) is 1.41. The van der Waals surface area contributed by atoms with Crippen LogP contribution < -0.4 is 0 Å². The van der Waals surface area contributed by atoms with Gasteiger partial charge in [0.2, 0.25) is 0 Å². The summed E-state index contributed by atoms with van der Waals surface area (Å²) in [7, 11) is 0. The molecule has 1 aliphatic rings. The molecule has 2 heterocycles. The fraction of sp³-hybridized carbons (Fsp3) is 0.250. The van der Waals surface area contributed by atoms with E-state index in [9.17, 15) is 15.0 Å². The standard InChI is InChI=1S/C20H19NO5/c22-11-18-17(23)10-19(26-18)21-15-4-2-1-3-13(15)14-9-12(5-7-16(14)21)6-8-20(24)25/h1-9,17-19,22-23H,10-11H2,(H,24,25)/t17?,18-,19-/m1/s1. The van der Waals surface area contributed by atoms with Crippen molar-refractivity contribution in [2.24, 2.45) is 0 Å². The van der Waals surface area contributed by atoms with E-state index in [1.165, 1.54) is 0 Å². The van der Waals surface area contributed by atoms with Crippen LogP contribution in [0, 0.1) is 0 Å². The molecular formula is C20H19NO5. The molecule has 1 aliphatic heterocycles. The summed E-state index contributed by atoms with van der Waals surface area (Å²) >= 11 is 0. The van der Waals surface area contributed by atoms with Crippen molar-refractivity contribution >= 4 is 33.9 Å². The van der Waals surface area contributed by atoms with Crippen LogP contribution in [0.4, 0.5) is 0 Å². The first-order valence-electron chi connectivity index (χ1n) is 8.46. The van der Waals surface area contributed by atoms with Gasteiger partial charge in [-0.2, -0.15) is 0 Å². The highest BCUT2D eigenvalue weighted by Crippen LogP contribution is 2.38. The van der Waals surface area contributed by atoms with E-state index in [-0.39, 0.29) is 12.8 Å². The van der Waals surface area contributed by atoms with E-state index in [0.29, 0.717) is 6.42 Å². The number of fused-ring (bicyclic) bond motifs is 3. The van der Waals surface area contributed by atoms with Crippen LogP contribution in [-0.2, 0) is 9.53 Å². The number of carboxylic acid groups (broad SMARTS) is 1. The molecule has 0 saturated carbocycles. The van der Waals surface area contributed by atoms with Crippen molar-refractivity contribution in [2.75, 3.05) is 6.61 Å². The van der Waals surface area contributed by atoms with Gasteiger partial charge in [0.05, 0.1) is 23.7 Å². The summed E-state index contributed by atoms with van der Waals surface area (Å²) in [6, 6.07) is 13.6. The number of rotatable bonds is 4. The van der Waals surface area contributed by atoms with Crippen LogP contribution in [0.15, 0.2) is 48.5 Å². The topological polar surface area (TPSA) is 91.9 Å². The first kappa shape index (κ1) is 16.8. The second-order valence-electron chi connectivity index (χ2n) is 6.45. The van der Waals surface area contributed by atoms with Crippen molar-refractivity contribution < 1.29 is 24.9 Å². The number of hydrogen-bond acceptors (Lipinski definition) is 4. The molecule has 1 aromatic heterocycles. The zero-order valence-electron chi connectivity index (χ0n) is 13.9. The summed E-state index contributed by atoms with van der Waals surface area (Å²) in [5, 5.41) is 30.3. The van der Waals surface area contributed by atoms with Crippen molar-refractivity contribution in [3.8, 4) is 0 Å². The molecule has 1 fully saturated rings. The largest absolute Gasteiger partial charge is 0.478 e. The maximum atomic E-state index is 10.8. The molecule has 0 spiro atoms. The van der Waals surface area contributed by atoms with Crippen molar-refractivity contribution in [3.05, 3.63) is 54.1 Å². The van der Waals surface area contributed by atoms with Gasteiger partial charge in [-0.15, -0.1) is 0 Å². The minimum absolute atomic E-state index is 0.223. The minimum Gasteiger partial charge on any atom is -0.478 e. The smallest absolute Gasteiger partial charge is 0.328 e. The molecule has 134 valence electrons. The van der Waals surface area contributed by atoms with E-state index in [0.717, 1.165) is 33.4 Å². The van der Waals surface area contributed by atoms with Gasteiger partial charge in [-0.25, -0.2) is 4.79 Å². The molecule has 0 amide bonds. The number of ether oxygens (including phenoxy) is 1. The predicted molar refractivity (Wildman–Crippen MR) is 97.7 cm³/mol. The molecular weight excluding hydrogens is 334 g/mol. The number of aliphatic carboxylic acids is 1. The van der Waals surface area contributed by atoms with Crippen LogP contribution in [0.2, 0.25) is 0 Å². The molecule has 2 aromatic carbocycles. The number of aliphatic hydroxyl groups excluding tert-OH is 2. The fourth-order valence-corrected chi connectivity index (χ4v) is 3.64. The molecule has 3 N–H and O–H groups in total. The van der Waals surface area contributed by atoms with Crippen LogP contribution in [0.5, 0.6) is 0 Å². The minimum atomic E-state index is -0.990. The van der Waals surface area contributed by atoms with Crippen LogP contribution in [0.1, 0.15) is 18.2 Å². The third-order valence-electron chi connectivity index (χ3n) is 4.82. The molecule has 3 atom stereocenters. The van der Waals surface area contributed by atoms with E-state index in [1.807, 2.05) is 47.0 Å². The highest BCUT2D eigenvalue weighted by atomic mass is 16.5. The van der Waals surface area contributed by atoms with Crippen LogP contribution in [0.25, 0.3) is 27.9 Å². The van der Waals surface area contributed by atoms with Crippen molar-refractivity contribution in [3.63, 3.8) is 0 Å². The number of aromatic nitrogens is 1. The van der Waals surface area contributed by atoms with Crippen molar-refractivity contribution in [2.45, 2.75) is 24.9 Å². The first-order chi connectivity index (χ1) is 12.6. The third kappa shape index (κ3) is 2.78. The molecule has 6 nitrogen and oxygen atoms in total. The van der Waals surface area contributed by atoms with E-state index in [2.05, 4.69) is 0 Å². The second kappa shape index (κ2) is 6.57. The summed E-state index contributed by atoms with van der Waals surface area (Å²) in [4.78, 5) is 10.8. The Morgan fingerprint density at radius 1 is 1.19 bits per heavy atom. The number of carboxylic acids is 1. The second-order valence-corrected chi connectivity index (χ2v) is 6.45. The Hall–Kier alpha value is -2.67. The van der Waals surface area contributed by atoms with Gasteiger partial charge >= 0.3 is 5.97 Å². The highest BCUT2D eigenvalue weighted by molar-refractivity contribution is 6.08. The lowest BCUT2D eigenvalue weighted by atomic mass is 10.1. The highest BCUT2D eigenvalue weighted by Gasteiger charge is 2.35. The Labute approximate surface area is 149 Å². The van der Waals surface area contributed by atoms with E-state index >= 15 is 0 Å². The predicted octanol–water partition coefficient (Wildman–Crippen LogP) is 2.53. The van der Waals surface area contributed by atoms with Gasteiger partial charge in [0, 0.05) is 23.3 Å². The van der Waals surface area contributed by atoms with Gasteiger partial charge < -0.3 is 24.6 Å². The maximum absolute atomic E-state index is 10.8. The molecule has 1 unspecified atom stereocenters. The molecule has 0 radical (unpaired) electrons. The Bertz CT molecular complexity index is 1010. The monoisotopic (exact) mass is 353 g/mol. The van der Waals surface area contributed by atoms with E-state index in [1.54, 1.807) is 6.08 Å². The number of nitrogens with zero attached hydrogens (tertiary/aromatic N) is 1. The van der Waals surface area contributed by atoms with Gasteiger partial charge in [-0.1, -0.05) is 24.3 Å². The van der Waals surface area contributed by atoms with E-state index in [4.69, 9.17) is 9.84 Å². The quantitative estimate of drug-likeness (QED) is 0.627. The summed E-state index contributed by atoms with van der Waals surface area (Å²) in [5.74, 6) is -0.990. The molecule has 6 heteroatoms. The Kier molecular flexibility index (Phi) is 4.24. The van der Waals surface area contributed by atoms with Gasteiger partial charge in [0.25, 0.3) is 0 Å². The Morgan fingerprint density at radius 3 is 2.69 bits per heavy atom. The van der Waals surface area contributed by atoms with Crippen molar-refractivity contribution in [1.29, 1.82) is 0 Å². The Morgan fingerprint density at radius 2 is 1.96 bits per heavy atom. The zero-order valence-corrected chi connectivity index (χ0v) is 13.9. The number of para-hydroxylation sites is 1. The summed E-state index contributed by atoms with van der Waals surface area (Å²) < 4.78 is 7.90. The van der Waals surface area contributed by atoms with E-state index < -0.39 is 18.2 Å². The fourth-order valence-electron chi connectivity index (χ4n) is 3.64. The van der Waals surface area contributed by atoms with Gasteiger partial charge in [-0.05, 0) is 29.8 Å². The van der Waals surface area contributed by atoms with Crippen LogP contribution in [-0.4, -0.2) is 44.7 Å². The number of carbonyl (C=O) groups is 1. The molecule has 0 aliphatic carbocycles. The van der Waals surface area contributed by atoms with Crippen LogP contribution >= 0.6 is 0 Å². The van der Waals surface area contributed by atoms with Gasteiger partial charge in [-0.3, -0.25) is 0 Å². The summed E-state index contributed by atoms with van der Waals surface area (Å²) in [6.45, 7) is -0.223. The Balaban J connectivity index is 1.88. The number of hydrogen-bond donors (Lipinski definition) is 3. The summed E-state index contributed by atoms with van der Waals surface area (Å²) in [5.41, 5.74) is 2.70. The lowest BCUT2D eigenvalue weighted by molar-refractivity contribution is -0.131. The first-order valence-corrected chi connectivity index (χ1v) is 8.46. The number of benzene rings is 2. The lowest BCUT2D eigenvalue weighted by Crippen LogP contribution is -2.24. The van der Waals surface area contributed by atoms with Crippen molar-refractivity contribution in [1.82, 2.24) is 4.57 Å². The average Bonchev–Trinajstić information content (AvgIpc) is 3.17. The van der Waals surface area contributed by atoms with Gasteiger partial charge in [0.1, 0.15) is 12.3 Å². The molecule has 26 heavy (non-hydrogen) atoms. The van der Waals surface area contributed by atoms with Gasteiger partial charge in [0.15, 0.2) is 0 Å². The number of aliphatic hydroxyl groups is 2. The molecule has 3 aromatic rings. The normalized spacial score (nSPS) is 23.4. The molecule has 4 rings (SSSR count). The zero-order chi connectivity index (χ0) is 18.3. The molecule has 0 bridgehead atoms. The third-order valence-corrected chi connectivity index (χ3v) is 4.82. The van der Waals surface area contributed by atoms with Crippen LogP contribution in [0.3, 0.4) is 0 Å². The SMILES string of the molecule is O=C(O)C=Cc1ccc2c(c1)c1ccccc1n2[C@H]1CC(O)[C@@H](CO)O1. The molecule has 1 saturated heterocycles. The maximum Gasteiger partial charge on any atom is 0.328 e. The average molecular weight is 353 g/mol. The lowest BCUT2D eigenvalue weighted by Gasteiger charge is -2.16.